The summed E-state index contributed by atoms with van der Waals surface area (Å²) in [4.78, 5) is 29.2. The molecule has 27 heavy (non-hydrogen) atoms. The monoisotopic (exact) mass is 372 g/mol. The Morgan fingerprint density at radius 3 is 2.70 bits per heavy atom. The van der Waals surface area contributed by atoms with E-state index < -0.39 is 5.97 Å². The Labute approximate surface area is 157 Å². The van der Waals surface area contributed by atoms with Gasteiger partial charge in [0.1, 0.15) is 6.26 Å². The number of benzene rings is 1. The van der Waals surface area contributed by atoms with Gasteiger partial charge in [-0.1, -0.05) is 25.1 Å². The minimum absolute atomic E-state index is 0.0377. The van der Waals surface area contributed by atoms with Crippen molar-refractivity contribution in [2.24, 2.45) is 0 Å². The molecule has 8 nitrogen and oxygen atoms in total. The minimum Gasteiger partial charge on any atom is -0.480 e. The molecule has 0 radical (unpaired) electrons. The molecule has 1 aromatic heterocycles. The molecule has 0 spiro atoms. The molecule has 1 aliphatic rings. The molecule has 8 heteroatoms. The van der Waals surface area contributed by atoms with Crippen LogP contribution in [0.1, 0.15) is 25.5 Å². The quantitative estimate of drug-likeness (QED) is 0.655. The van der Waals surface area contributed by atoms with Crippen LogP contribution in [0.15, 0.2) is 41.0 Å². The van der Waals surface area contributed by atoms with E-state index in [4.69, 9.17) is 9.52 Å². The highest BCUT2D eigenvalue weighted by atomic mass is 16.4. The molecular formula is C19H24N4O4. The van der Waals surface area contributed by atoms with Crippen molar-refractivity contribution in [1.82, 2.24) is 20.5 Å². The van der Waals surface area contributed by atoms with Crippen molar-refractivity contribution in [3.63, 3.8) is 0 Å². The maximum atomic E-state index is 12.0. The number of hydrogen-bond acceptors (Lipinski definition) is 5. The van der Waals surface area contributed by atoms with Gasteiger partial charge in [-0.15, -0.1) is 0 Å². The number of carboxylic acid groups (broad SMARTS) is 1. The number of nitrogens with zero attached hydrogens (tertiary/aromatic N) is 2. The van der Waals surface area contributed by atoms with Crippen LogP contribution in [0.5, 0.6) is 0 Å². The Hall–Kier alpha value is -2.87. The van der Waals surface area contributed by atoms with E-state index in [0.29, 0.717) is 18.1 Å². The number of amides is 2. The van der Waals surface area contributed by atoms with Gasteiger partial charge >= 0.3 is 12.0 Å². The number of urea groups is 1. The molecule has 0 bridgehead atoms. The van der Waals surface area contributed by atoms with E-state index in [0.717, 1.165) is 18.4 Å². The van der Waals surface area contributed by atoms with Gasteiger partial charge in [-0.2, -0.15) is 0 Å². The first-order valence-corrected chi connectivity index (χ1v) is 9.05. The standard InChI is InChI=1S/C19H24N4O4/c1-2-23(11-17(24)25)16-8-14(9-16)22-19(26)20-10-15-12-27-18(21-15)13-6-4-3-5-7-13/h3-7,12,14,16H,2,8-11H2,1H3,(H,24,25)(H2,20,22,26). The molecule has 144 valence electrons. The average molecular weight is 372 g/mol. The predicted molar refractivity (Wildman–Crippen MR) is 99.0 cm³/mol. The van der Waals surface area contributed by atoms with Crippen LogP contribution in [-0.2, 0) is 11.3 Å². The number of oxazole rings is 1. The van der Waals surface area contributed by atoms with Gasteiger partial charge in [0.05, 0.1) is 18.8 Å². The molecule has 1 heterocycles. The van der Waals surface area contributed by atoms with Crippen LogP contribution in [0, 0.1) is 0 Å². The first-order chi connectivity index (χ1) is 13.0. The molecule has 0 saturated heterocycles. The zero-order valence-corrected chi connectivity index (χ0v) is 15.2. The zero-order valence-electron chi connectivity index (χ0n) is 15.2. The second kappa shape index (κ2) is 8.68. The molecule has 1 aliphatic carbocycles. The van der Waals surface area contributed by atoms with Crippen LogP contribution in [-0.4, -0.2) is 52.2 Å². The highest BCUT2D eigenvalue weighted by Gasteiger charge is 2.34. The number of hydrogen-bond donors (Lipinski definition) is 3. The fraction of sp³-hybridized carbons (Fsp3) is 0.421. The summed E-state index contributed by atoms with van der Waals surface area (Å²) in [6.45, 7) is 2.94. The van der Waals surface area contributed by atoms with Gasteiger partial charge in [-0.25, -0.2) is 9.78 Å². The third-order valence-corrected chi connectivity index (χ3v) is 4.71. The molecule has 0 unspecified atom stereocenters. The molecule has 3 rings (SSSR count). The second-order valence-electron chi connectivity index (χ2n) is 6.62. The van der Waals surface area contributed by atoms with Crippen molar-refractivity contribution >= 4 is 12.0 Å². The first-order valence-electron chi connectivity index (χ1n) is 9.05. The van der Waals surface area contributed by atoms with Crippen LogP contribution in [0.25, 0.3) is 11.5 Å². The van der Waals surface area contributed by atoms with E-state index in [2.05, 4.69) is 15.6 Å². The van der Waals surface area contributed by atoms with Gasteiger partial charge in [0.2, 0.25) is 5.89 Å². The summed E-state index contributed by atoms with van der Waals surface area (Å²) in [7, 11) is 0. The third-order valence-electron chi connectivity index (χ3n) is 4.71. The van der Waals surface area contributed by atoms with E-state index in [-0.39, 0.29) is 31.2 Å². The number of carbonyl (C=O) groups is 2. The van der Waals surface area contributed by atoms with Crippen LogP contribution < -0.4 is 10.6 Å². The van der Waals surface area contributed by atoms with Crippen molar-refractivity contribution in [3.8, 4) is 11.5 Å². The smallest absolute Gasteiger partial charge is 0.317 e. The van der Waals surface area contributed by atoms with Gasteiger partial charge in [0, 0.05) is 17.6 Å². The van der Waals surface area contributed by atoms with Crippen molar-refractivity contribution in [3.05, 3.63) is 42.3 Å². The topological polar surface area (TPSA) is 108 Å². The second-order valence-corrected chi connectivity index (χ2v) is 6.62. The predicted octanol–water partition coefficient (Wildman–Crippen LogP) is 2.08. The summed E-state index contributed by atoms with van der Waals surface area (Å²) in [6, 6.07) is 9.57. The maximum Gasteiger partial charge on any atom is 0.317 e. The summed E-state index contributed by atoms with van der Waals surface area (Å²) < 4.78 is 5.44. The molecule has 1 saturated carbocycles. The van der Waals surface area contributed by atoms with Gasteiger partial charge in [0.15, 0.2) is 0 Å². The highest BCUT2D eigenvalue weighted by molar-refractivity contribution is 5.74. The maximum absolute atomic E-state index is 12.0. The molecular weight excluding hydrogens is 348 g/mol. The SMILES string of the molecule is CCN(CC(=O)O)C1CC(NC(=O)NCc2coc(-c3ccccc3)n2)C1. The Kier molecular flexibility index (Phi) is 6.08. The van der Waals surface area contributed by atoms with E-state index in [1.165, 1.54) is 6.26 Å². The lowest BCUT2D eigenvalue weighted by Crippen LogP contribution is -2.56. The van der Waals surface area contributed by atoms with E-state index in [9.17, 15) is 9.59 Å². The fourth-order valence-electron chi connectivity index (χ4n) is 3.19. The summed E-state index contributed by atoms with van der Waals surface area (Å²) in [5.74, 6) is -0.304. The fourth-order valence-corrected chi connectivity index (χ4v) is 3.19. The summed E-state index contributed by atoms with van der Waals surface area (Å²) in [5.41, 5.74) is 1.53. The molecule has 1 aromatic carbocycles. The number of aliphatic carboxylic acids is 1. The van der Waals surface area contributed by atoms with Crippen LogP contribution in [0.2, 0.25) is 0 Å². The molecule has 0 aliphatic heterocycles. The Bertz CT molecular complexity index is 771. The largest absolute Gasteiger partial charge is 0.480 e. The number of carboxylic acids is 1. The average Bonchev–Trinajstić information content (AvgIpc) is 3.10. The first kappa shape index (κ1) is 18.9. The van der Waals surface area contributed by atoms with Crippen LogP contribution >= 0.6 is 0 Å². The van der Waals surface area contributed by atoms with Gasteiger partial charge in [-0.05, 0) is 31.5 Å². The molecule has 2 aromatic rings. The lowest BCUT2D eigenvalue weighted by Gasteiger charge is -2.42. The van der Waals surface area contributed by atoms with Gasteiger partial charge in [-0.3, -0.25) is 9.69 Å². The van der Waals surface area contributed by atoms with Crippen molar-refractivity contribution in [2.75, 3.05) is 13.1 Å². The third kappa shape index (κ3) is 5.07. The van der Waals surface area contributed by atoms with E-state index in [1.54, 1.807) is 0 Å². The van der Waals surface area contributed by atoms with E-state index >= 15 is 0 Å². The van der Waals surface area contributed by atoms with E-state index in [1.807, 2.05) is 42.2 Å². The summed E-state index contributed by atoms with van der Waals surface area (Å²) >= 11 is 0. The molecule has 3 N–H and O–H groups in total. The molecule has 0 atom stereocenters. The number of rotatable bonds is 8. The molecule has 2 amide bonds. The number of carbonyl (C=O) groups excluding carboxylic acids is 1. The summed E-state index contributed by atoms with van der Waals surface area (Å²) in [6.07, 6.45) is 3.06. The Morgan fingerprint density at radius 1 is 1.30 bits per heavy atom. The normalized spacial score (nSPS) is 18.7. The Balaban J connectivity index is 1.40. The lowest BCUT2D eigenvalue weighted by atomic mass is 9.85. The number of aromatic nitrogens is 1. The van der Waals surface area contributed by atoms with Crippen molar-refractivity contribution < 1.29 is 19.1 Å². The Morgan fingerprint density at radius 2 is 2.04 bits per heavy atom. The highest BCUT2D eigenvalue weighted by Crippen LogP contribution is 2.25. The summed E-state index contributed by atoms with van der Waals surface area (Å²) in [5, 5.41) is 14.6. The van der Waals surface area contributed by atoms with Gasteiger partial charge in [0.25, 0.3) is 0 Å². The van der Waals surface area contributed by atoms with Crippen LogP contribution in [0.4, 0.5) is 4.79 Å². The van der Waals surface area contributed by atoms with Gasteiger partial charge < -0.3 is 20.2 Å². The lowest BCUT2D eigenvalue weighted by molar-refractivity contribution is -0.139. The number of likely N-dealkylation sites (N-methyl/N-ethyl adjacent to an activating group) is 1. The van der Waals surface area contributed by atoms with Crippen molar-refractivity contribution in [1.29, 1.82) is 0 Å². The van der Waals surface area contributed by atoms with Crippen molar-refractivity contribution in [2.45, 2.75) is 38.4 Å². The zero-order chi connectivity index (χ0) is 19.2. The number of nitrogens with one attached hydrogen (secondary N) is 2. The molecule has 1 fully saturated rings. The van der Waals surface area contributed by atoms with Crippen LogP contribution in [0.3, 0.4) is 0 Å². The minimum atomic E-state index is -0.825.